The Kier molecular flexibility index (Phi) is 4.29. The molecule has 6 heteroatoms. The number of amides is 1. The molecule has 0 fully saturated rings. The third kappa shape index (κ3) is 3.13. The van der Waals surface area contributed by atoms with Crippen LogP contribution in [0.4, 0.5) is 0 Å². The molecular formula is C18H20N2O4. The van der Waals surface area contributed by atoms with Gasteiger partial charge in [-0.3, -0.25) is 9.59 Å². The van der Waals surface area contributed by atoms with E-state index in [-0.39, 0.29) is 18.0 Å². The number of hydrogen-bond donors (Lipinski definition) is 2. The molecule has 1 aliphatic rings. The molecule has 24 heavy (non-hydrogen) atoms. The Bertz CT molecular complexity index is 828. The number of ether oxygens (including phenoxy) is 2. The Morgan fingerprint density at radius 3 is 2.54 bits per heavy atom. The predicted molar refractivity (Wildman–Crippen MR) is 89.3 cm³/mol. The van der Waals surface area contributed by atoms with Gasteiger partial charge in [-0.2, -0.15) is 0 Å². The maximum absolute atomic E-state index is 12.5. The predicted octanol–water partition coefficient (Wildman–Crippen LogP) is 1.84. The van der Waals surface area contributed by atoms with Crippen molar-refractivity contribution in [3.63, 3.8) is 0 Å². The quantitative estimate of drug-likeness (QED) is 0.901. The first-order valence-electron chi connectivity index (χ1n) is 7.85. The number of para-hydroxylation sites is 2. The third-order valence-corrected chi connectivity index (χ3v) is 4.03. The normalized spacial score (nSPS) is 19.0. The first-order chi connectivity index (χ1) is 11.5. The van der Waals surface area contributed by atoms with Gasteiger partial charge in [0.25, 0.3) is 11.5 Å². The summed E-state index contributed by atoms with van der Waals surface area (Å²) in [6.45, 7) is 5.60. The summed E-state index contributed by atoms with van der Waals surface area (Å²) >= 11 is 0. The lowest BCUT2D eigenvalue weighted by Gasteiger charge is -2.31. The van der Waals surface area contributed by atoms with Gasteiger partial charge in [-0.25, -0.2) is 0 Å². The summed E-state index contributed by atoms with van der Waals surface area (Å²) < 4.78 is 11.5. The number of nitrogens with one attached hydrogen (secondary N) is 2. The van der Waals surface area contributed by atoms with Gasteiger partial charge in [0.15, 0.2) is 11.5 Å². The largest absolute Gasteiger partial charge is 0.482 e. The van der Waals surface area contributed by atoms with Crippen molar-refractivity contribution in [2.45, 2.75) is 39.5 Å². The molecule has 0 unspecified atom stereocenters. The Morgan fingerprint density at radius 1 is 1.21 bits per heavy atom. The number of carbonyl (C=O) groups is 1. The van der Waals surface area contributed by atoms with E-state index in [2.05, 4.69) is 10.3 Å². The summed E-state index contributed by atoms with van der Waals surface area (Å²) in [5.41, 5.74) is 1.99. The van der Waals surface area contributed by atoms with Crippen LogP contribution in [-0.4, -0.2) is 23.1 Å². The number of rotatable bonds is 3. The minimum absolute atomic E-state index is 0.147. The number of aromatic amines is 1. The lowest BCUT2D eigenvalue weighted by molar-refractivity contribution is -0.133. The molecule has 0 saturated heterocycles. The van der Waals surface area contributed by atoms with Gasteiger partial charge in [0.1, 0.15) is 6.10 Å². The third-order valence-electron chi connectivity index (χ3n) is 4.03. The Balaban J connectivity index is 1.71. The number of carbonyl (C=O) groups excluding carboxylic acids is 1. The van der Waals surface area contributed by atoms with E-state index in [1.165, 1.54) is 0 Å². The minimum atomic E-state index is -0.760. The van der Waals surface area contributed by atoms with Gasteiger partial charge in [0.2, 0.25) is 6.10 Å². The molecule has 0 spiro atoms. The van der Waals surface area contributed by atoms with Gasteiger partial charge in [-0.05, 0) is 44.5 Å². The second-order valence-corrected chi connectivity index (χ2v) is 5.97. The molecule has 1 aliphatic heterocycles. The summed E-state index contributed by atoms with van der Waals surface area (Å²) in [6.07, 6.45) is -1.18. The highest BCUT2D eigenvalue weighted by Gasteiger charge is 2.33. The molecule has 6 nitrogen and oxygen atoms in total. The van der Waals surface area contributed by atoms with E-state index in [0.717, 1.165) is 11.3 Å². The molecule has 0 aliphatic carbocycles. The van der Waals surface area contributed by atoms with Gasteiger partial charge in [0, 0.05) is 17.8 Å². The second kappa shape index (κ2) is 6.39. The van der Waals surface area contributed by atoms with Gasteiger partial charge < -0.3 is 19.8 Å². The highest BCUT2D eigenvalue weighted by atomic mass is 16.6. The molecule has 2 heterocycles. The molecule has 0 bridgehead atoms. The number of fused-ring (bicyclic) bond motifs is 1. The van der Waals surface area contributed by atoms with Gasteiger partial charge in [0.05, 0.1) is 0 Å². The summed E-state index contributed by atoms with van der Waals surface area (Å²) in [7, 11) is 0. The lowest BCUT2D eigenvalue weighted by atomic mass is 10.1. The average molecular weight is 328 g/mol. The SMILES string of the molecule is Cc1cc(C)c(CNC(=O)[C@H]2Oc3ccccc3O[C@H]2C)c(=O)[nH]1. The Labute approximate surface area is 139 Å². The standard InChI is InChI=1S/C18H20N2O4/c1-10-8-11(2)20-17(21)13(10)9-19-18(22)16-12(3)23-14-6-4-5-7-15(14)24-16/h4-8,12,16H,9H2,1-3H3,(H,19,22)(H,20,21)/t12-,16-/m0/s1. The first kappa shape index (κ1) is 16.1. The zero-order valence-corrected chi connectivity index (χ0v) is 13.9. The minimum Gasteiger partial charge on any atom is -0.482 e. The van der Waals surface area contributed by atoms with E-state index >= 15 is 0 Å². The fraction of sp³-hybridized carbons (Fsp3) is 0.333. The molecule has 1 aromatic heterocycles. The smallest absolute Gasteiger partial charge is 0.265 e. The van der Waals surface area contributed by atoms with Crippen molar-refractivity contribution in [2.24, 2.45) is 0 Å². The molecule has 2 atom stereocenters. The van der Waals surface area contributed by atoms with Gasteiger partial charge in [-0.1, -0.05) is 12.1 Å². The topological polar surface area (TPSA) is 80.4 Å². The molecule has 1 amide bonds. The van der Waals surface area contributed by atoms with Crippen LogP contribution in [0.15, 0.2) is 35.1 Å². The number of benzene rings is 1. The van der Waals surface area contributed by atoms with E-state index in [9.17, 15) is 9.59 Å². The van der Waals surface area contributed by atoms with Crippen LogP contribution in [0.3, 0.4) is 0 Å². The fourth-order valence-corrected chi connectivity index (χ4v) is 2.78. The molecule has 3 rings (SSSR count). The molecule has 0 radical (unpaired) electrons. The second-order valence-electron chi connectivity index (χ2n) is 5.97. The van der Waals surface area contributed by atoms with Gasteiger partial charge >= 0.3 is 0 Å². The highest BCUT2D eigenvalue weighted by Crippen LogP contribution is 2.33. The monoisotopic (exact) mass is 328 g/mol. The number of H-pyrrole nitrogens is 1. The molecule has 1 aromatic carbocycles. The molecule has 0 saturated carbocycles. The van der Waals surface area contributed by atoms with E-state index in [1.807, 2.05) is 32.0 Å². The van der Waals surface area contributed by atoms with Crippen LogP contribution in [0.5, 0.6) is 11.5 Å². The summed E-state index contributed by atoms with van der Waals surface area (Å²) in [6, 6.07) is 9.11. The van der Waals surface area contributed by atoms with Crippen LogP contribution in [-0.2, 0) is 11.3 Å². The zero-order chi connectivity index (χ0) is 17.3. The molecule has 2 N–H and O–H groups in total. The van der Waals surface area contributed by atoms with Gasteiger partial charge in [-0.15, -0.1) is 0 Å². The van der Waals surface area contributed by atoms with Crippen LogP contribution in [0.1, 0.15) is 23.7 Å². The van der Waals surface area contributed by atoms with Crippen molar-refractivity contribution in [1.29, 1.82) is 0 Å². The van der Waals surface area contributed by atoms with Crippen LogP contribution >= 0.6 is 0 Å². The maximum Gasteiger partial charge on any atom is 0.265 e. The number of pyridine rings is 1. The average Bonchev–Trinajstić information content (AvgIpc) is 2.53. The summed E-state index contributed by atoms with van der Waals surface area (Å²) in [5.74, 6) is 0.858. The number of aromatic nitrogens is 1. The van der Waals surface area contributed by atoms with Crippen LogP contribution in [0.2, 0.25) is 0 Å². The summed E-state index contributed by atoms with van der Waals surface area (Å²) in [5, 5.41) is 2.77. The van der Waals surface area contributed by atoms with Crippen LogP contribution in [0.25, 0.3) is 0 Å². The van der Waals surface area contributed by atoms with Crippen LogP contribution in [0, 0.1) is 13.8 Å². The molecule has 2 aromatic rings. The van der Waals surface area contributed by atoms with Crippen LogP contribution < -0.4 is 20.3 Å². The van der Waals surface area contributed by atoms with E-state index in [1.54, 1.807) is 19.1 Å². The van der Waals surface area contributed by atoms with Crippen molar-refractivity contribution >= 4 is 5.91 Å². The van der Waals surface area contributed by atoms with E-state index < -0.39 is 12.2 Å². The van der Waals surface area contributed by atoms with Crippen molar-refractivity contribution in [2.75, 3.05) is 0 Å². The zero-order valence-electron chi connectivity index (χ0n) is 13.9. The Morgan fingerprint density at radius 2 is 1.88 bits per heavy atom. The van der Waals surface area contributed by atoms with Crippen molar-refractivity contribution in [1.82, 2.24) is 10.3 Å². The van der Waals surface area contributed by atoms with Crippen molar-refractivity contribution < 1.29 is 14.3 Å². The van der Waals surface area contributed by atoms with Crippen molar-refractivity contribution in [3.05, 3.63) is 57.5 Å². The Hall–Kier alpha value is -2.76. The number of aryl methyl sites for hydroxylation is 2. The van der Waals surface area contributed by atoms with Crippen molar-refractivity contribution in [3.8, 4) is 11.5 Å². The number of hydrogen-bond acceptors (Lipinski definition) is 4. The first-order valence-corrected chi connectivity index (χ1v) is 7.85. The molecule has 126 valence electrons. The summed E-state index contributed by atoms with van der Waals surface area (Å²) in [4.78, 5) is 27.2. The van der Waals surface area contributed by atoms with E-state index in [4.69, 9.17) is 9.47 Å². The highest BCUT2D eigenvalue weighted by molar-refractivity contribution is 5.82. The molecular weight excluding hydrogens is 308 g/mol. The lowest BCUT2D eigenvalue weighted by Crippen LogP contribution is -2.49. The maximum atomic E-state index is 12.5. The fourth-order valence-electron chi connectivity index (χ4n) is 2.78. The van der Waals surface area contributed by atoms with E-state index in [0.29, 0.717) is 17.1 Å².